The summed E-state index contributed by atoms with van der Waals surface area (Å²) in [5, 5.41) is 15.0. The first-order valence-corrected chi connectivity index (χ1v) is 9.11. The molecule has 2 atom stereocenters. The Morgan fingerprint density at radius 3 is 3.17 bits per heavy atom. The quantitative estimate of drug-likeness (QED) is 0.874. The van der Waals surface area contributed by atoms with E-state index in [1.165, 1.54) is 4.88 Å². The Bertz CT molecular complexity index is 758. The second kappa shape index (κ2) is 7.20. The molecule has 0 unspecified atom stereocenters. The van der Waals surface area contributed by atoms with Crippen LogP contribution < -0.4 is 10.6 Å². The molecule has 0 fully saturated rings. The minimum absolute atomic E-state index is 0.0820. The number of hydrogen-bond acceptors (Lipinski definition) is 4. The van der Waals surface area contributed by atoms with Gasteiger partial charge in [-0.3, -0.25) is 4.79 Å². The van der Waals surface area contributed by atoms with Crippen LogP contribution in [0, 0.1) is 17.2 Å². The third-order valence-corrected chi connectivity index (χ3v) is 5.69. The van der Waals surface area contributed by atoms with Crippen LogP contribution >= 0.6 is 11.3 Å². The van der Waals surface area contributed by atoms with Gasteiger partial charge in [-0.2, -0.15) is 5.26 Å². The lowest BCUT2D eigenvalue weighted by molar-refractivity contribution is -0.684. The van der Waals surface area contributed by atoms with E-state index in [1.54, 1.807) is 17.6 Å². The summed E-state index contributed by atoms with van der Waals surface area (Å²) < 4.78 is 5.34. The summed E-state index contributed by atoms with van der Waals surface area (Å²) in [4.78, 5) is 13.5. The van der Waals surface area contributed by atoms with E-state index in [0.717, 1.165) is 30.6 Å². The fourth-order valence-corrected chi connectivity index (χ4v) is 4.46. The lowest BCUT2D eigenvalue weighted by atomic mass is 9.89. The van der Waals surface area contributed by atoms with E-state index in [0.29, 0.717) is 23.0 Å². The number of nitrogens with zero attached hydrogens (tertiary/aromatic N) is 1. The van der Waals surface area contributed by atoms with Crippen LogP contribution in [0.3, 0.4) is 0 Å². The fourth-order valence-electron chi connectivity index (χ4n) is 3.09. The van der Waals surface area contributed by atoms with E-state index in [9.17, 15) is 10.1 Å². The number of fused-ring (bicyclic) bond motifs is 1. The lowest BCUT2D eigenvalue weighted by Gasteiger charge is -2.17. The highest BCUT2D eigenvalue weighted by Crippen LogP contribution is 2.39. The van der Waals surface area contributed by atoms with Gasteiger partial charge in [-0.15, -0.1) is 11.3 Å². The predicted molar refractivity (Wildman–Crippen MR) is 92.8 cm³/mol. The molecule has 0 spiro atoms. The van der Waals surface area contributed by atoms with Gasteiger partial charge in [0.2, 0.25) is 0 Å². The molecule has 0 saturated heterocycles. The van der Waals surface area contributed by atoms with Gasteiger partial charge in [0.1, 0.15) is 17.1 Å². The second-order valence-corrected chi connectivity index (χ2v) is 7.56. The van der Waals surface area contributed by atoms with E-state index < -0.39 is 0 Å². The van der Waals surface area contributed by atoms with Crippen molar-refractivity contribution in [2.75, 3.05) is 11.9 Å². The molecule has 126 valence electrons. The molecule has 3 rings (SSSR count). The summed E-state index contributed by atoms with van der Waals surface area (Å²) in [7, 11) is 0. The second-order valence-electron chi connectivity index (χ2n) is 6.46. The molecule has 1 aliphatic carbocycles. The van der Waals surface area contributed by atoms with Gasteiger partial charge in [0.05, 0.1) is 11.8 Å². The van der Waals surface area contributed by atoms with Crippen molar-refractivity contribution >= 4 is 22.2 Å². The molecule has 5 nitrogen and oxygen atoms in total. The van der Waals surface area contributed by atoms with Crippen molar-refractivity contribution in [2.24, 2.45) is 5.92 Å². The summed E-state index contributed by atoms with van der Waals surface area (Å²) in [5.41, 5.74) is 1.80. The number of anilines is 1. The maximum absolute atomic E-state index is 12.3. The molecule has 24 heavy (non-hydrogen) atoms. The molecule has 2 aromatic rings. The number of amides is 1. The van der Waals surface area contributed by atoms with Crippen molar-refractivity contribution in [2.45, 2.75) is 39.2 Å². The lowest BCUT2D eigenvalue weighted by Crippen LogP contribution is -2.86. The summed E-state index contributed by atoms with van der Waals surface area (Å²) in [6, 6.07) is 6.11. The predicted octanol–water partition coefficient (Wildman–Crippen LogP) is 2.60. The zero-order valence-electron chi connectivity index (χ0n) is 14.0. The standard InChI is InChI=1S/C18H21N3O2S/c1-11-5-6-13-14(9-19)18(24-16(13)8-11)21-17(22)10-20-12(2)15-4-3-7-23-15/h3-4,7,11-12,20H,5-6,8,10H2,1-2H3,(H,21,22)/p+1/t11-,12+/m1/s1. The van der Waals surface area contributed by atoms with E-state index >= 15 is 0 Å². The van der Waals surface area contributed by atoms with Gasteiger partial charge < -0.3 is 15.1 Å². The minimum atomic E-state index is -0.0865. The Kier molecular flexibility index (Phi) is 5.03. The molecule has 6 heteroatoms. The Morgan fingerprint density at radius 1 is 1.62 bits per heavy atom. The molecule has 1 amide bonds. The Labute approximate surface area is 145 Å². The highest BCUT2D eigenvalue weighted by atomic mass is 32.1. The largest absolute Gasteiger partial charge is 0.463 e. The number of rotatable bonds is 5. The first-order chi connectivity index (χ1) is 11.6. The third kappa shape index (κ3) is 3.53. The number of furan rings is 1. The van der Waals surface area contributed by atoms with Crippen molar-refractivity contribution in [1.82, 2.24) is 0 Å². The fraction of sp³-hybridized carbons (Fsp3) is 0.444. The van der Waals surface area contributed by atoms with Gasteiger partial charge in [0, 0.05) is 4.88 Å². The molecule has 0 radical (unpaired) electrons. The summed E-state index contributed by atoms with van der Waals surface area (Å²) >= 11 is 1.56. The zero-order chi connectivity index (χ0) is 17.1. The van der Waals surface area contributed by atoms with Crippen molar-refractivity contribution in [3.8, 4) is 6.07 Å². The summed E-state index contributed by atoms with van der Waals surface area (Å²) in [6.45, 7) is 4.53. The smallest absolute Gasteiger partial charge is 0.280 e. The highest BCUT2D eigenvalue weighted by molar-refractivity contribution is 7.16. The molecule has 0 aliphatic heterocycles. The van der Waals surface area contributed by atoms with Gasteiger partial charge in [-0.05, 0) is 49.8 Å². The first-order valence-electron chi connectivity index (χ1n) is 8.29. The number of nitriles is 1. The number of carbonyl (C=O) groups excluding carboxylic acids is 1. The maximum Gasteiger partial charge on any atom is 0.280 e. The van der Waals surface area contributed by atoms with Gasteiger partial charge in [0.25, 0.3) is 5.91 Å². The monoisotopic (exact) mass is 344 g/mol. The number of hydrogen-bond donors (Lipinski definition) is 2. The number of thiophene rings is 1. The molecule has 0 bridgehead atoms. The van der Waals surface area contributed by atoms with Crippen molar-refractivity contribution in [3.63, 3.8) is 0 Å². The Balaban J connectivity index is 1.63. The van der Waals surface area contributed by atoms with Crippen LogP contribution in [0.25, 0.3) is 0 Å². The van der Waals surface area contributed by atoms with Gasteiger partial charge in [0.15, 0.2) is 12.3 Å². The van der Waals surface area contributed by atoms with Crippen molar-refractivity contribution in [1.29, 1.82) is 5.26 Å². The topological polar surface area (TPSA) is 82.6 Å². The maximum atomic E-state index is 12.3. The van der Waals surface area contributed by atoms with Crippen molar-refractivity contribution < 1.29 is 14.5 Å². The summed E-state index contributed by atoms with van der Waals surface area (Å²) in [6.07, 6.45) is 4.69. The molecular formula is C18H22N3O2S+. The summed E-state index contributed by atoms with van der Waals surface area (Å²) in [5.74, 6) is 1.41. The first kappa shape index (κ1) is 16.7. The SMILES string of the molecule is C[C@@H]1CCc2c(sc(NC(=O)C[NH2+][C@@H](C)c3ccco3)c2C#N)C1. The number of nitrogens with one attached hydrogen (secondary N) is 1. The van der Waals surface area contributed by atoms with E-state index in [1.807, 2.05) is 24.4 Å². The van der Waals surface area contributed by atoms with Crippen LogP contribution in [-0.4, -0.2) is 12.5 Å². The molecular weight excluding hydrogens is 322 g/mol. The third-order valence-electron chi connectivity index (χ3n) is 4.53. The minimum Gasteiger partial charge on any atom is -0.463 e. The Hall–Kier alpha value is -2.10. The van der Waals surface area contributed by atoms with E-state index in [-0.39, 0.29) is 11.9 Å². The highest BCUT2D eigenvalue weighted by Gasteiger charge is 2.25. The number of carbonyl (C=O) groups is 1. The molecule has 0 saturated carbocycles. The molecule has 2 aromatic heterocycles. The molecule has 2 heterocycles. The Morgan fingerprint density at radius 2 is 2.46 bits per heavy atom. The van der Waals surface area contributed by atoms with E-state index in [2.05, 4.69) is 18.3 Å². The molecule has 3 N–H and O–H groups in total. The average molecular weight is 344 g/mol. The van der Waals surface area contributed by atoms with Crippen LogP contribution in [0.2, 0.25) is 0 Å². The van der Waals surface area contributed by atoms with Crippen LogP contribution in [0.5, 0.6) is 0 Å². The van der Waals surface area contributed by atoms with Crippen molar-refractivity contribution in [3.05, 3.63) is 40.2 Å². The number of nitrogens with two attached hydrogens (primary N) is 1. The molecule has 1 aliphatic rings. The van der Waals surface area contributed by atoms with Crippen LogP contribution in [-0.2, 0) is 17.6 Å². The zero-order valence-corrected chi connectivity index (χ0v) is 14.8. The number of quaternary nitrogens is 1. The van der Waals surface area contributed by atoms with Crippen LogP contribution in [0.4, 0.5) is 5.00 Å². The normalized spacial score (nSPS) is 17.8. The van der Waals surface area contributed by atoms with Gasteiger partial charge in [-0.1, -0.05) is 6.92 Å². The molecule has 0 aromatic carbocycles. The average Bonchev–Trinajstić information content (AvgIpc) is 3.19. The van der Waals surface area contributed by atoms with E-state index in [4.69, 9.17) is 4.42 Å². The van der Waals surface area contributed by atoms with Gasteiger partial charge in [-0.25, -0.2) is 0 Å². The van der Waals surface area contributed by atoms with Gasteiger partial charge >= 0.3 is 0 Å². The van der Waals surface area contributed by atoms with Crippen LogP contribution in [0.15, 0.2) is 22.8 Å². The van der Waals surface area contributed by atoms with Crippen LogP contribution in [0.1, 0.15) is 48.1 Å².